The summed E-state index contributed by atoms with van der Waals surface area (Å²) in [6.45, 7) is 0. The molecule has 0 bridgehead atoms. The molecule has 0 rings (SSSR count). The van der Waals surface area contributed by atoms with Crippen LogP contribution in [-0.2, 0) is 0 Å². The summed E-state index contributed by atoms with van der Waals surface area (Å²) in [7, 11) is 3.75. The van der Waals surface area contributed by atoms with Gasteiger partial charge in [-0.1, -0.05) is 0 Å². The van der Waals surface area contributed by atoms with E-state index in [9.17, 15) is 0 Å². The van der Waals surface area contributed by atoms with Crippen LogP contribution in [0.3, 0.4) is 0 Å². The fraction of sp³-hybridized carbons (Fsp3) is 1.00. The van der Waals surface area contributed by atoms with Gasteiger partial charge < -0.3 is 17.7 Å². The summed E-state index contributed by atoms with van der Waals surface area (Å²) in [5, 5.41) is 2.75. The van der Waals surface area contributed by atoms with Crippen LogP contribution < -0.4 is 69.1 Å². The Balaban J connectivity index is -0.0000000200. The summed E-state index contributed by atoms with van der Waals surface area (Å²) in [5.41, 5.74) is 0. The number of hydrogen-bond acceptors (Lipinski definition) is 1. The molecule has 0 unspecified atom stereocenters. The van der Waals surface area contributed by atoms with Gasteiger partial charge in [0.05, 0.1) is 0 Å². The average molecular weight is 120 g/mol. The molecule has 0 saturated heterocycles. The van der Waals surface area contributed by atoms with Gasteiger partial charge in [-0.05, 0) is 14.1 Å². The van der Waals surface area contributed by atoms with E-state index in [1.54, 1.807) is 0 Å². The van der Waals surface area contributed by atoms with Gasteiger partial charge in [0.25, 0.3) is 0 Å². The van der Waals surface area contributed by atoms with E-state index in [0.29, 0.717) is 0 Å². The molecule has 1 nitrogen and oxygen atoms in total. The standard InChI is InChI=1S/C2H7N.ClH.K/c1-3-2;;/h3H,1-2H3;1H;/q;;+1/p-1. The maximum absolute atomic E-state index is 2.75. The summed E-state index contributed by atoms with van der Waals surface area (Å²) >= 11 is 0. The molecule has 0 fully saturated rings. The fourth-order valence-corrected chi connectivity index (χ4v) is 0. The summed E-state index contributed by atoms with van der Waals surface area (Å²) in [5.74, 6) is 0. The second kappa shape index (κ2) is 16.9. The van der Waals surface area contributed by atoms with Crippen molar-refractivity contribution in [3.63, 3.8) is 0 Å². The van der Waals surface area contributed by atoms with Crippen LogP contribution in [0.25, 0.3) is 0 Å². The van der Waals surface area contributed by atoms with Crippen molar-refractivity contribution in [2.75, 3.05) is 14.1 Å². The van der Waals surface area contributed by atoms with Gasteiger partial charge in [0.2, 0.25) is 0 Å². The van der Waals surface area contributed by atoms with Crippen molar-refractivity contribution in [2.24, 2.45) is 0 Å². The van der Waals surface area contributed by atoms with E-state index < -0.39 is 0 Å². The van der Waals surface area contributed by atoms with Crippen molar-refractivity contribution < 1.29 is 63.8 Å². The maximum Gasteiger partial charge on any atom is 1.00 e. The smallest absolute Gasteiger partial charge is 1.00 e. The van der Waals surface area contributed by atoms with Gasteiger partial charge in [-0.3, -0.25) is 0 Å². The third kappa shape index (κ3) is 25.0. The molecule has 0 aromatic rings. The predicted octanol–water partition coefficient (Wildman–Crippen LogP) is -6.16. The molecule has 0 amide bonds. The molecule has 0 aromatic heterocycles. The van der Waals surface area contributed by atoms with Crippen LogP contribution in [0.1, 0.15) is 0 Å². The quantitative estimate of drug-likeness (QED) is 0.313. The van der Waals surface area contributed by atoms with Crippen LogP contribution in [0.15, 0.2) is 0 Å². The van der Waals surface area contributed by atoms with Crippen LogP contribution in [0.2, 0.25) is 0 Å². The van der Waals surface area contributed by atoms with E-state index in [2.05, 4.69) is 5.32 Å². The van der Waals surface area contributed by atoms with Gasteiger partial charge in [-0.25, -0.2) is 0 Å². The summed E-state index contributed by atoms with van der Waals surface area (Å²) in [6, 6.07) is 0. The predicted molar refractivity (Wildman–Crippen MR) is 15.0 cm³/mol. The van der Waals surface area contributed by atoms with E-state index in [0.717, 1.165) is 0 Å². The van der Waals surface area contributed by atoms with Gasteiger partial charge in [0.15, 0.2) is 0 Å². The van der Waals surface area contributed by atoms with Crippen LogP contribution in [-0.4, -0.2) is 14.1 Å². The van der Waals surface area contributed by atoms with E-state index in [1.165, 1.54) is 0 Å². The Kier molecular flexibility index (Phi) is 53.3. The van der Waals surface area contributed by atoms with E-state index in [4.69, 9.17) is 0 Å². The minimum absolute atomic E-state index is 0. The Labute approximate surface area is 81.7 Å². The minimum Gasteiger partial charge on any atom is -1.00 e. The van der Waals surface area contributed by atoms with Gasteiger partial charge in [-0.2, -0.15) is 0 Å². The third-order valence-electron chi connectivity index (χ3n) is 0. The molecular weight excluding hydrogens is 113 g/mol. The van der Waals surface area contributed by atoms with E-state index in [-0.39, 0.29) is 63.8 Å². The molecule has 5 heavy (non-hydrogen) atoms. The number of rotatable bonds is 0. The Morgan fingerprint density at radius 3 is 1.20 bits per heavy atom. The molecular formula is C2H7ClKN. The van der Waals surface area contributed by atoms with Crippen LogP contribution in [0.4, 0.5) is 0 Å². The maximum atomic E-state index is 2.75. The first-order valence-electron chi connectivity index (χ1n) is 1.00. The molecule has 0 aliphatic rings. The molecule has 0 spiro atoms. The van der Waals surface area contributed by atoms with E-state index >= 15 is 0 Å². The molecule has 28 valence electrons. The topological polar surface area (TPSA) is 12.0 Å². The molecule has 0 heterocycles. The zero-order chi connectivity index (χ0) is 2.71. The summed E-state index contributed by atoms with van der Waals surface area (Å²) in [6.07, 6.45) is 0. The third-order valence-corrected chi connectivity index (χ3v) is 0. The summed E-state index contributed by atoms with van der Waals surface area (Å²) < 4.78 is 0. The Morgan fingerprint density at radius 1 is 1.20 bits per heavy atom. The van der Waals surface area contributed by atoms with E-state index in [1.807, 2.05) is 14.1 Å². The minimum atomic E-state index is 0. The van der Waals surface area contributed by atoms with Crippen molar-refractivity contribution in [2.45, 2.75) is 0 Å². The van der Waals surface area contributed by atoms with Crippen molar-refractivity contribution in [1.82, 2.24) is 5.32 Å². The Hall–Kier alpha value is 1.89. The number of nitrogens with one attached hydrogen (secondary N) is 1. The van der Waals surface area contributed by atoms with Gasteiger partial charge in [0.1, 0.15) is 0 Å². The summed E-state index contributed by atoms with van der Waals surface area (Å²) in [4.78, 5) is 0. The molecule has 0 aromatic carbocycles. The van der Waals surface area contributed by atoms with Gasteiger partial charge >= 0.3 is 51.4 Å². The zero-order valence-electron chi connectivity index (χ0n) is 3.88. The van der Waals surface area contributed by atoms with Gasteiger partial charge in [-0.15, -0.1) is 0 Å². The van der Waals surface area contributed by atoms with Crippen molar-refractivity contribution in [3.05, 3.63) is 0 Å². The fourth-order valence-electron chi connectivity index (χ4n) is 0. The first kappa shape index (κ1) is 15.8. The van der Waals surface area contributed by atoms with Crippen molar-refractivity contribution in [3.8, 4) is 0 Å². The first-order chi connectivity index (χ1) is 1.41. The largest absolute Gasteiger partial charge is 1.00 e. The van der Waals surface area contributed by atoms with Crippen molar-refractivity contribution in [1.29, 1.82) is 0 Å². The molecule has 0 aliphatic heterocycles. The molecule has 0 aliphatic carbocycles. The van der Waals surface area contributed by atoms with Crippen molar-refractivity contribution >= 4 is 0 Å². The monoisotopic (exact) mass is 119 g/mol. The number of hydrogen-bond donors (Lipinski definition) is 1. The van der Waals surface area contributed by atoms with Gasteiger partial charge in [0, 0.05) is 0 Å². The normalized spacial score (nSPS) is 3.60. The molecule has 0 atom stereocenters. The van der Waals surface area contributed by atoms with Crippen LogP contribution in [0, 0.1) is 0 Å². The molecule has 1 N–H and O–H groups in total. The first-order valence-corrected chi connectivity index (χ1v) is 1.00. The molecule has 0 saturated carbocycles. The van der Waals surface area contributed by atoms with Crippen LogP contribution in [0.5, 0.6) is 0 Å². The zero-order valence-corrected chi connectivity index (χ0v) is 7.76. The molecule has 3 heteroatoms. The van der Waals surface area contributed by atoms with Crippen LogP contribution >= 0.6 is 0 Å². The second-order valence-electron chi connectivity index (χ2n) is 0.500. The Morgan fingerprint density at radius 2 is 1.20 bits per heavy atom. The number of halogens is 1. The second-order valence-corrected chi connectivity index (χ2v) is 0.500. The molecule has 0 radical (unpaired) electrons. The SMILES string of the molecule is CNC.[Cl-].[K+]. The average Bonchev–Trinajstić information content (AvgIpc) is 0.918. The Bertz CT molecular complexity index is 9.61.